The molecule has 0 unspecified atom stereocenters. The molecule has 28 heavy (non-hydrogen) atoms. The number of thiophene rings is 2. The number of nitrogens with zero attached hydrogens (tertiary/aromatic N) is 1. The van der Waals surface area contributed by atoms with Crippen LogP contribution in [0.5, 0.6) is 0 Å². The summed E-state index contributed by atoms with van der Waals surface area (Å²) in [5, 5.41) is 5.07. The van der Waals surface area contributed by atoms with E-state index in [1.165, 1.54) is 34.1 Å². The summed E-state index contributed by atoms with van der Waals surface area (Å²) in [6.45, 7) is 4.30. The van der Waals surface area contributed by atoms with E-state index in [9.17, 15) is 18.0 Å². The smallest absolute Gasteiger partial charge is 0.341 e. The number of piperidine rings is 1. The molecule has 1 fully saturated rings. The third-order valence-corrected chi connectivity index (χ3v) is 9.32. The van der Waals surface area contributed by atoms with Crippen molar-refractivity contribution in [3.8, 4) is 0 Å². The molecule has 1 amide bonds. The second-order valence-corrected chi connectivity index (χ2v) is 10.9. The van der Waals surface area contributed by atoms with Gasteiger partial charge in [0.15, 0.2) is 0 Å². The molecule has 2 aromatic heterocycles. The Labute approximate surface area is 172 Å². The first kappa shape index (κ1) is 21.0. The van der Waals surface area contributed by atoms with Crippen LogP contribution in [-0.4, -0.2) is 44.8 Å². The van der Waals surface area contributed by atoms with Gasteiger partial charge in [0, 0.05) is 23.9 Å². The average Bonchev–Trinajstić information content (AvgIpc) is 3.31. The van der Waals surface area contributed by atoms with E-state index in [0.717, 1.165) is 10.4 Å². The molecule has 0 bridgehead atoms. The fraction of sp³-hybridized carbons (Fsp3) is 0.444. The molecule has 7 nitrogen and oxygen atoms in total. The molecule has 10 heteroatoms. The number of rotatable bonds is 5. The number of sulfonamides is 1. The number of amides is 1. The molecule has 152 valence electrons. The van der Waals surface area contributed by atoms with E-state index < -0.39 is 16.0 Å². The first-order chi connectivity index (χ1) is 13.3. The van der Waals surface area contributed by atoms with Crippen molar-refractivity contribution < 1.29 is 22.7 Å². The van der Waals surface area contributed by atoms with E-state index in [4.69, 9.17) is 4.74 Å². The third kappa shape index (κ3) is 4.00. The quantitative estimate of drug-likeness (QED) is 0.718. The van der Waals surface area contributed by atoms with Crippen molar-refractivity contribution in [3.05, 3.63) is 33.5 Å². The van der Waals surface area contributed by atoms with Crippen LogP contribution in [0.1, 0.15) is 33.6 Å². The Morgan fingerprint density at radius 3 is 2.50 bits per heavy atom. The van der Waals surface area contributed by atoms with E-state index >= 15 is 0 Å². The number of carbonyl (C=O) groups is 2. The maximum atomic E-state index is 12.7. The summed E-state index contributed by atoms with van der Waals surface area (Å²) in [5.41, 5.74) is 1.18. The third-order valence-electron chi connectivity index (χ3n) is 4.93. The number of ether oxygens (including phenoxy) is 1. The summed E-state index contributed by atoms with van der Waals surface area (Å²) < 4.78 is 31.8. The molecule has 2 aromatic rings. The number of hydrogen-bond acceptors (Lipinski definition) is 7. The maximum Gasteiger partial charge on any atom is 0.341 e. The van der Waals surface area contributed by atoms with Gasteiger partial charge in [0.05, 0.1) is 12.7 Å². The van der Waals surface area contributed by atoms with E-state index in [0.29, 0.717) is 40.7 Å². The van der Waals surface area contributed by atoms with Crippen molar-refractivity contribution >= 4 is 49.6 Å². The number of methoxy groups -OCH3 is 1. The molecular formula is C18H22N2O5S3. The van der Waals surface area contributed by atoms with Crippen molar-refractivity contribution in [2.24, 2.45) is 5.92 Å². The molecule has 1 aliphatic heterocycles. The molecule has 3 heterocycles. The molecule has 3 rings (SSSR count). The minimum Gasteiger partial charge on any atom is -0.465 e. The number of aryl methyl sites for hydroxylation is 1. The Bertz CT molecular complexity index is 971. The summed E-state index contributed by atoms with van der Waals surface area (Å²) in [7, 11) is -2.18. The number of carbonyl (C=O) groups excluding carboxylic acids is 2. The fourth-order valence-corrected chi connectivity index (χ4v) is 6.84. The average molecular weight is 443 g/mol. The highest BCUT2D eigenvalue weighted by molar-refractivity contribution is 7.91. The van der Waals surface area contributed by atoms with E-state index in [1.54, 1.807) is 17.5 Å². The topological polar surface area (TPSA) is 92.8 Å². The van der Waals surface area contributed by atoms with Crippen LogP contribution in [0.3, 0.4) is 0 Å². The highest BCUT2D eigenvalue weighted by Gasteiger charge is 2.33. The van der Waals surface area contributed by atoms with Gasteiger partial charge in [0.25, 0.3) is 10.0 Å². The van der Waals surface area contributed by atoms with Crippen LogP contribution >= 0.6 is 22.7 Å². The summed E-state index contributed by atoms with van der Waals surface area (Å²) in [4.78, 5) is 25.7. The molecule has 1 saturated heterocycles. The summed E-state index contributed by atoms with van der Waals surface area (Å²) in [6.07, 6.45) is 0.876. The molecule has 1 aliphatic rings. The predicted octanol–water partition coefficient (Wildman–Crippen LogP) is 3.25. The SMILES string of the molecule is COC(=O)c1c(NC(=O)C2CCN(S(=O)(=O)c3cccs3)CC2)sc(C)c1C. The lowest BCUT2D eigenvalue weighted by molar-refractivity contribution is -0.120. The highest BCUT2D eigenvalue weighted by Crippen LogP contribution is 2.34. The molecule has 0 aromatic carbocycles. The Kier molecular flexibility index (Phi) is 6.23. The number of anilines is 1. The largest absolute Gasteiger partial charge is 0.465 e. The normalized spacial score (nSPS) is 16.1. The van der Waals surface area contributed by atoms with Crippen molar-refractivity contribution in [2.75, 3.05) is 25.5 Å². The Balaban J connectivity index is 1.67. The van der Waals surface area contributed by atoms with Crippen molar-refractivity contribution in [1.29, 1.82) is 0 Å². The Hall–Kier alpha value is -1.75. The minimum atomic E-state index is -3.49. The van der Waals surface area contributed by atoms with Crippen LogP contribution in [0.2, 0.25) is 0 Å². The van der Waals surface area contributed by atoms with E-state index in [2.05, 4.69) is 5.32 Å². The molecular weight excluding hydrogens is 420 g/mol. The first-order valence-electron chi connectivity index (χ1n) is 8.78. The Morgan fingerprint density at radius 2 is 1.93 bits per heavy atom. The van der Waals surface area contributed by atoms with Gasteiger partial charge < -0.3 is 10.1 Å². The van der Waals surface area contributed by atoms with E-state index in [1.807, 2.05) is 13.8 Å². The molecule has 0 atom stereocenters. The second-order valence-electron chi connectivity index (χ2n) is 6.58. The fourth-order valence-electron chi connectivity index (χ4n) is 3.17. The zero-order valence-electron chi connectivity index (χ0n) is 15.9. The van der Waals surface area contributed by atoms with Gasteiger partial charge in [-0.1, -0.05) is 6.07 Å². The van der Waals surface area contributed by atoms with Crippen LogP contribution in [0.25, 0.3) is 0 Å². The van der Waals surface area contributed by atoms with Crippen LogP contribution in [-0.2, 0) is 19.6 Å². The van der Waals surface area contributed by atoms with Gasteiger partial charge in [-0.25, -0.2) is 13.2 Å². The number of esters is 1. The second kappa shape index (κ2) is 8.32. The van der Waals surface area contributed by atoms with Crippen LogP contribution in [0, 0.1) is 19.8 Å². The lowest BCUT2D eigenvalue weighted by atomic mass is 9.97. The molecule has 0 radical (unpaired) electrons. The molecule has 0 saturated carbocycles. The molecule has 0 spiro atoms. The van der Waals surface area contributed by atoms with Crippen LogP contribution < -0.4 is 5.32 Å². The van der Waals surface area contributed by atoms with E-state index in [-0.39, 0.29) is 11.8 Å². The summed E-state index contributed by atoms with van der Waals surface area (Å²) in [6, 6.07) is 3.30. The zero-order valence-corrected chi connectivity index (χ0v) is 18.3. The van der Waals surface area contributed by atoms with Crippen molar-refractivity contribution in [2.45, 2.75) is 30.9 Å². The monoisotopic (exact) mass is 442 g/mol. The van der Waals surface area contributed by atoms with Gasteiger partial charge in [0.1, 0.15) is 9.21 Å². The van der Waals surface area contributed by atoms with Crippen molar-refractivity contribution in [1.82, 2.24) is 4.31 Å². The lowest BCUT2D eigenvalue weighted by Gasteiger charge is -2.30. The van der Waals surface area contributed by atoms with Gasteiger partial charge in [0.2, 0.25) is 5.91 Å². The predicted molar refractivity (Wildman–Crippen MR) is 110 cm³/mol. The molecule has 1 N–H and O–H groups in total. The zero-order chi connectivity index (χ0) is 20.5. The van der Waals surface area contributed by atoms with Gasteiger partial charge in [-0.3, -0.25) is 4.79 Å². The summed E-state index contributed by atoms with van der Waals surface area (Å²) in [5.74, 6) is -0.975. The van der Waals surface area contributed by atoms with Crippen molar-refractivity contribution in [3.63, 3.8) is 0 Å². The van der Waals surface area contributed by atoms with Gasteiger partial charge in [-0.05, 0) is 43.7 Å². The highest BCUT2D eigenvalue weighted by atomic mass is 32.2. The van der Waals surface area contributed by atoms with Crippen LogP contribution in [0.4, 0.5) is 5.00 Å². The molecule has 0 aliphatic carbocycles. The minimum absolute atomic E-state index is 0.195. The summed E-state index contributed by atoms with van der Waals surface area (Å²) >= 11 is 2.53. The van der Waals surface area contributed by atoms with Gasteiger partial charge in [-0.2, -0.15) is 4.31 Å². The lowest BCUT2D eigenvalue weighted by Crippen LogP contribution is -2.41. The Morgan fingerprint density at radius 1 is 1.25 bits per heavy atom. The maximum absolute atomic E-state index is 12.7. The van der Waals surface area contributed by atoms with Gasteiger partial charge >= 0.3 is 5.97 Å². The van der Waals surface area contributed by atoms with Gasteiger partial charge in [-0.15, -0.1) is 22.7 Å². The number of nitrogens with one attached hydrogen (secondary N) is 1. The number of hydrogen-bond donors (Lipinski definition) is 1. The first-order valence-corrected chi connectivity index (χ1v) is 11.9. The standard InChI is InChI=1S/C18H22N2O5S3/c1-11-12(2)27-17(15(11)18(22)25-3)19-16(21)13-6-8-20(9-7-13)28(23,24)14-5-4-10-26-14/h4-5,10,13H,6-9H2,1-3H3,(H,19,21). The van der Waals surface area contributed by atoms with Crippen LogP contribution in [0.15, 0.2) is 21.7 Å².